The van der Waals surface area contributed by atoms with E-state index in [-0.39, 0.29) is 11.7 Å². The van der Waals surface area contributed by atoms with E-state index >= 15 is 0 Å². The quantitative estimate of drug-likeness (QED) is 0.432. The van der Waals surface area contributed by atoms with E-state index < -0.39 is 0 Å². The van der Waals surface area contributed by atoms with Gasteiger partial charge in [-0.2, -0.15) is 0 Å². The number of rotatable bonds is 4. The first-order valence-corrected chi connectivity index (χ1v) is 5.26. The highest BCUT2D eigenvalue weighted by molar-refractivity contribution is 6.22. The number of alkyl halides is 1. The first kappa shape index (κ1) is 11.7. The maximum atomic E-state index is 11.0. The molecular weight excluding hydrogens is 208 g/mol. The molecule has 0 fully saturated rings. The number of carbonyl (C=O) groups is 1. The Kier molecular flexibility index (Phi) is 4.85. The van der Waals surface area contributed by atoms with Gasteiger partial charge in [-0.05, 0) is 12.5 Å². The van der Waals surface area contributed by atoms with E-state index in [1.165, 1.54) is 6.92 Å². The van der Waals surface area contributed by atoms with Crippen molar-refractivity contribution in [1.29, 1.82) is 0 Å². The minimum Gasteiger partial charge on any atom is -0.295 e. The van der Waals surface area contributed by atoms with Crippen LogP contribution in [0.3, 0.4) is 0 Å². The Bertz CT molecular complexity index is 377. The average Bonchev–Trinajstić information content (AvgIpc) is 2.25. The number of benzene rings is 1. The second kappa shape index (κ2) is 6.20. The number of hydrogen-bond donors (Lipinski definition) is 0. The molecule has 0 aromatic heterocycles. The minimum absolute atomic E-state index is 0.0164. The lowest BCUT2D eigenvalue weighted by Gasteiger charge is -1.94. The Hall–Kier alpha value is -1.34. The Balaban J connectivity index is 2.70. The molecule has 78 valence electrons. The van der Waals surface area contributed by atoms with Crippen LogP contribution in [-0.4, -0.2) is 11.7 Å². The molecular formula is C13H13ClO. The maximum absolute atomic E-state index is 11.0. The van der Waals surface area contributed by atoms with Gasteiger partial charge in [0.2, 0.25) is 0 Å². The summed E-state index contributed by atoms with van der Waals surface area (Å²) in [5, 5.41) is 0. The number of allylic oxidation sites excluding steroid dienone is 3. The highest BCUT2D eigenvalue weighted by Crippen LogP contribution is 2.04. The molecule has 0 N–H and O–H groups in total. The zero-order valence-electron chi connectivity index (χ0n) is 8.61. The maximum Gasteiger partial charge on any atom is 0.156 e. The molecule has 0 unspecified atom stereocenters. The van der Waals surface area contributed by atoms with Crippen LogP contribution < -0.4 is 0 Å². The zero-order valence-corrected chi connectivity index (χ0v) is 9.37. The molecule has 0 radical (unpaired) electrons. The second-order valence-corrected chi connectivity index (χ2v) is 3.42. The van der Waals surface area contributed by atoms with Gasteiger partial charge in [0.15, 0.2) is 5.78 Å². The van der Waals surface area contributed by atoms with Crippen LogP contribution in [-0.2, 0) is 4.79 Å². The molecule has 0 bridgehead atoms. The van der Waals surface area contributed by atoms with Crippen molar-refractivity contribution < 1.29 is 4.79 Å². The van der Waals surface area contributed by atoms with Crippen molar-refractivity contribution in [3.05, 3.63) is 53.6 Å². The predicted molar refractivity (Wildman–Crippen MR) is 65.0 cm³/mol. The van der Waals surface area contributed by atoms with Gasteiger partial charge in [0, 0.05) is 5.57 Å². The van der Waals surface area contributed by atoms with Crippen LogP contribution in [0.5, 0.6) is 0 Å². The molecule has 0 amide bonds. The number of ketones is 1. The van der Waals surface area contributed by atoms with Gasteiger partial charge in [-0.1, -0.05) is 48.6 Å². The summed E-state index contributed by atoms with van der Waals surface area (Å²) >= 11 is 5.62. The van der Waals surface area contributed by atoms with E-state index in [9.17, 15) is 4.79 Å². The van der Waals surface area contributed by atoms with Crippen LogP contribution in [0.25, 0.3) is 6.08 Å². The van der Waals surface area contributed by atoms with Crippen molar-refractivity contribution >= 4 is 23.5 Å². The van der Waals surface area contributed by atoms with E-state index in [0.717, 1.165) is 5.56 Å². The molecule has 0 aliphatic heterocycles. The number of Topliss-reactive ketones (excluding diaryl/α,β-unsaturated/α-hetero) is 1. The fourth-order valence-electron chi connectivity index (χ4n) is 1.10. The third-order valence-electron chi connectivity index (χ3n) is 1.98. The molecule has 0 atom stereocenters. The van der Waals surface area contributed by atoms with Gasteiger partial charge in [0.1, 0.15) is 0 Å². The number of carbonyl (C=O) groups excluding carboxylic acids is 1. The summed E-state index contributed by atoms with van der Waals surface area (Å²) in [4.78, 5) is 11.0. The van der Waals surface area contributed by atoms with Crippen molar-refractivity contribution in [2.45, 2.75) is 6.92 Å². The van der Waals surface area contributed by atoms with Crippen LogP contribution in [0.2, 0.25) is 0 Å². The lowest BCUT2D eigenvalue weighted by molar-refractivity contribution is -0.113. The van der Waals surface area contributed by atoms with Gasteiger partial charge in [-0.15, -0.1) is 11.6 Å². The molecule has 0 heterocycles. The molecule has 1 aromatic carbocycles. The summed E-state index contributed by atoms with van der Waals surface area (Å²) in [6.07, 6.45) is 5.53. The van der Waals surface area contributed by atoms with Gasteiger partial charge >= 0.3 is 0 Å². The normalized spacial score (nSPS) is 12.0. The standard InChI is InChI=1S/C13H13ClO/c1-11(15)13(10-14)9-5-8-12-6-3-2-4-7-12/h2-9H,10H2,1H3/b8-5+,13-9+. The highest BCUT2D eigenvalue weighted by Gasteiger charge is 1.98. The first-order chi connectivity index (χ1) is 7.24. The van der Waals surface area contributed by atoms with E-state index in [4.69, 9.17) is 11.6 Å². The number of hydrogen-bond acceptors (Lipinski definition) is 1. The number of halogens is 1. The topological polar surface area (TPSA) is 17.1 Å². The van der Waals surface area contributed by atoms with Crippen LogP contribution in [0.15, 0.2) is 48.1 Å². The van der Waals surface area contributed by atoms with Crippen LogP contribution >= 0.6 is 11.6 Å². The molecule has 1 nitrogen and oxygen atoms in total. The van der Waals surface area contributed by atoms with E-state index in [2.05, 4.69) is 0 Å². The zero-order chi connectivity index (χ0) is 11.1. The van der Waals surface area contributed by atoms with Crippen LogP contribution in [0.1, 0.15) is 12.5 Å². The van der Waals surface area contributed by atoms with Crippen molar-refractivity contribution in [3.63, 3.8) is 0 Å². The van der Waals surface area contributed by atoms with Crippen molar-refractivity contribution in [3.8, 4) is 0 Å². The Morgan fingerprint density at radius 3 is 2.53 bits per heavy atom. The fraction of sp³-hybridized carbons (Fsp3) is 0.154. The Labute approximate surface area is 95.1 Å². The largest absolute Gasteiger partial charge is 0.295 e. The summed E-state index contributed by atoms with van der Waals surface area (Å²) in [6, 6.07) is 9.90. The van der Waals surface area contributed by atoms with Crippen molar-refractivity contribution in [2.75, 3.05) is 5.88 Å². The molecule has 0 aliphatic carbocycles. The first-order valence-electron chi connectivity index (χ1n) is 4.73. The molecule has 1 aromatic rings. The molecule has 0 saturated carbocycles. The van der Waals surface area contributed by atoms with Crippen LogP contribution in [0, 0.1) is 0 Å². The molecule has 0 spiro atoms. The molecule has 0 aliphatic rings. The van der Waals surface area contributed by atoms with Crippen LogP contribution in [0.4, 0.5) is 0 Å². The summed E-state index contributed by atoms with van der Waals surface area (Å²) in [5.74, 6) is 0.275. The lowest BCUT2D eigenvalue weighted by atomic mass is 10.1. The molecule has 1 rings (SSSR count). The van der Waals surface area contributed by atoms with Gasteiger partial charge in [-0.25, -0.2) is 0 Å². The summed E-state index contributed by atoms with van der Waals surface area (Å²) in [7, 11) is 0. The summed E-state index contributed by atoms with van der Waals surface area (Å²) < 4.78 is 0. The van der Waals surface area contributed by atoms with Crippen molar-refractivity contribution in [1.82, 2.24) is 0 Å². The predicted octanol–water partition coefficient (Wildman–Crippen LogP) is 3.45. The minimum atomic E-state index is 0.0164. The Morgan fingerprint density at radius 1 is 1.33 bits per heavy atom. The highest BCUT2D eigenvalue weighted by atomic mass is 35.5. The van der Waals surface area contributed by atoms with Crippen molar-refractivity contribution in [2.24, 2.45) is 0 Å². The van der Waals surface area contributed by atoms with E-state index in [0.29, 0.717) is 5.57 Å². The van der Waals surface area contributed by atoms with Gasteiger partial charge < -0.3 is 0 Å². The molecule has 2 heteroatoms. The Morgan fingerprint density at radius 2 is 2.00 bits per heavy atom. The van der Waals surface area contributed by atoms with Gasteiger partial charge in [0.25, 0.3) is 0 Å². The smallest absolute Gasteiger partial charge is 0.156 e. The average molecular weight is 221 g/mol. The fourth-order valence-corrected chi connectivity index (χ4v) is 1.37. The van der Waals surface area contributed by atoms with E-state index in [1.54, 1.807) is 6.08 Å². The monoisotopic (exact) mass is 220 g/mol. The molecule has 0 saturated heterocycles. The van der Waals surface area contributed by atoms with E-state index in [1.807, 2.05) is 42.5 Å². The molecule has 15 heavy (non-hydrogen) atoms. The third-order valence-corrected chi connectivity index (χ3v) is 2.27. The SMILES string of the molecule is CC(=O)/C(=C/C=C/c1ccccc1)CCl. The lowest BCUT2D eigenvalue weighted by Crippen LogP contribution is -1.96. The summed E-state index contributed by atoms with van der Waals surface area (Å²) in [6.45, 7) is 1.52. The summed E-state index contributed by atoms with van der Waals surface area (Å²) in [5.41, 5.74) is 1.73. The van der Waals surface area contributed by atoms with Gasteiger partial charge in [-0.3, -0.25) is 4.79 Å². The second-order valence-electron chi connectivity index (χ2n) is 3.15. The third kappa shape index (κ3) is 4.13. The van der Waals surface area contributed by atoms with Gasteiger partial charge in [0.05, 0.1) is 5.88 Å².